The summed E-state index contributed by atoms with van der Waals surface area (Å²) >= 11 is 1.19. The maximum Gasteiger partial charge on any atom is 0.338 e. The predicted octanol–water partition coefficient (Wildman–Crippen LogP) is 4.25. The van der Waals surface area contributed by atoms with Crippen molar-refractivity contribution in [1.29, 1.82) is 0 Å². The number of furan rings is 1. The van der Waals surface area contributed by atoms with E-state index < -0.39 is 18.0 Å². The van der Waals surface area contributed by atoms with Crippen LogP contribution in [0, 0.1) is 0 Å². The summed E-state index contributed by atoms with van der Waals surface area (Å²) in [5.41, 5.74) is 2.09. The molecule has 3 heterocycles. The average molecular weight is 603 g/mol. The van der Waals surface area contributed by atoms with E-state index in [1.807, 2.05) is 13.0 Å². The summed E-state index contributed by atoms with van der Waals surface area (Å²) in [5.74, 6) is 0.965. The number of esters is 2. The number of rotatable bonds is 9. The number of methoxy groups -OCH3 is 2. The van der Waals surface area contributed by atoms with Gasteiger partial charge in [-0.3, -0.25) is 9.36 Å². The Hall–Kier alpha value is -4.90. The lowest BCUT2D eigenvalue weighted by Gasteiger charge is -2.25. The van der Waals surface area contributed by atoms with E-state index in [0.29, 0.717) is 61.3 Å². The van der Waals surface area contributed by atoms with Crippen LogP contribution >= 0.6 is 11.3 Å². The second-order valence-electron chi connectivity index (χ2n) is 9.42. The van der Waals surface area contributed by atoms with Gasteiger partial charge in [-0.2, -0.15) is 0 Å². The topological polar surface area (TPSA) is 119 Å². The SMILES string of the molecule is CCOC(=O)C1=C(C)N=c2s/c(=C\c3ccc(-c4cccc(C(=O)OC)c4)o3)c(=O)n2C1c1ccc(OC)c(OCC)c1. The summed E-state index contributed by atoms with van der Waals surface area (Å²) in [6.45, 7) is 5.88. The predicted molar refractivity (Wildman–Crippen MR) is 160 cm³/mol. The lowest BCUT2D eigenvalue weighted by atomic mass is 9.95. The number of carbonyl (C=O) groups excluding carboxylic acids is 2. The number of nitrogens with zero attached hydrogens (tertiary/aromatic N) is 2. The minimum atomic E-state index is -0.809. The number of thiazole rings is 1. The lowest BCUT2D eigenvalue weighted by molar-refractivity contribution is -0.139. The molecule has 2 aromatic heterocycles. The third kappa shape index (κ3) is 5.76. The average Bonchev–Trinajstić information content (AvgIpc) is 3.60. The Kier molecular flexibility index (Phi) is 8.63. The first-order valence-electron chi connectivity index (χ1n) is 13.6. The quantitative estimate of drug-likeness (QED) is 0.261. The van der Waals surface area contributed by atoms with Crippen LogP contribution in [0.5, 0.6) is 11.5 Å². The van der Waals surface area contributed by atoms with Gasteiger partial charge in [0.25, 0.3) is 5.56 Å². The fraction of sp³-hybridized carbons (Fsp3) is 0.250. The molecule has 222 valence electrons. The molecule has 11 heteroatoms. The normalized spacial score (nSPS) is 14.6. The van der Waals surface area contributed by atoms with Crippen LogP contribution in [0.2, 0.25) is 0 Å². The monoisotopic (exact) mass is 602 g/mol. The molecule has 0 saturated carbocycles. The fourth-order valence-corrected chi connectivity index (χ4v) is 5.90. The first-order valence-corrected chi connectivity index (χ1v) is 14.4. The summed E-state index contributed by atoms with van der Waals surface area (Å²) in [5, 5.41) is 0. The molecule has 1 aliphatic heterocycles. The molecule has 0 saturated heterocycles. The van der Waals surface area contributed by atoms with E-state index >= 15 is 0 Å². The first kappa shape index (κ1) is 29.6. The summed E-state index contributed by atoms with van der Waals surface area (Å²) < 4.78 is 29.3. The standard InChI is InChI=1S/C32H30N2O8S/c1-6-40-25-16-20(11-13-24(25)38-4)28-27(31(37)41-7-2)18(3)33-32-34(28)29(35)26(43-32)17-22-12-14-23(42-22)19-9-8-10-21(15-19)30(36)39-5/h8-17,28H,6-7H2,1-5H3/b26-17-. The van der Waals surface area contributed by atoms with Gasteiger partial charge in [-0.25, -0.2) is 14.6 Å². The van der Waals surface area contributed by atoms with Gasteiger partial charge in [0.1, 0.15) is 11.5 Å². The van der Waals surface area contributed by atoms with Gasteiger partial charge in [0.15, 0.2) is 16.3 Å². The van der Waals surface area contributed by atoms with Gasteiger partial charge in [0.2, 0.25) is 0 Å². The molecular weight excluding hydrogens is 572 g/mol. The van der Waals surface area contributed by atoms with Crippen LogP contribution in [0.25, 0.3) is 17.4 Å². The van der Waals surface area contributed by atoms with Crippen LogP contribution in [0.1, 0.15) is 48.5 Å². The molecule has 0 spiro atoms. The highest BCUT2D eigenvalue weighted by Crippen LogP contribution is 2.36. The summed E-state index contributed by atoms with van der Waals surface area (Å²) in [7, 11) is 2.87. The second-order valence-corrected chi connectivity index (χ2v) is 10.4. The summed E-state index contributed by atoms with van der Waals surface area (Å²) in [6.07, 6.45) is 1.64. The number of fused-ring (bicyclic) bond motifs is 1. The molecule has 1 atom stereocenters. The van der Waals surface area contributed by atoms with Crippen molar-refractivity contribution in [3.63, 3.8) is 0 Å². The van der Waals surface area contributed by atoms with Crippen LogP contribution in [-0.4, -0.2) is 43.9 Å². The smallest absolute Gasteiger partial charge is 0.338 e. The van der Waals surface area contributed by atoms with Crippen molar-refractivity contribution in [3.8, 4) is 22.8 Å². The van der Waals surface area contributed by atoms with E-state index in [2.05, 4.69) is 4.99 Å². The molecule has 4 aromatic rings. The number of carbonyl (C=O) groups is 2. The molecule has 1 aliphatic rings. The van der Waals surface area contributed by atoms with Gasteiger partial charge in [-0.05, 0) is 62.7 Å². The van der Waals surface area contributed by atoms with Gasteiger partial charge < -0.3 is 23.4 Å². The van der Waals surface area contributed by atoms with Crippen LogP contribution in [-0.2, 0) is 14.3 Å². The van der Waals surface area contributed by atoms with Gasteiger partial charge in [-0.15, -0.1) is 0 Å². The van der Waals surface area contributed by atoms with Gasteiger partial charge in [0, 0.05) is 11.6 Å². The van der Waals surface area contributed by atoms with Crippen molar-refractivity contribution in [2.45, 2.75) is 26.8 Å². The van der Waals surface area contributed by atoms with E-state index in [-0.39, 0.29) is 17.7 Å². The van der Waals surface area contributed by atoms with Crippen molar-refractivity contribution in [2.24, 2.45) is 4.99 Å². The van der Waals surface area contributed by atoms with Crippen molar-refractivity contribution >= 4 is 29.4 Å². The highest BCUT2D eigenvalue weighted by Gasteiger charge is 2.34. The molecule has 1 unspecified atom stereocenters. The van der Waals surface area contributed by atoms with E-state index in [4.69, 9.17) is 23.4 Å². The molecule has 0 amide bonds. The molecular formula is C32H30N2O8S. The number of ether oxygens (including phenoxy) is 4. The van der Waals surface area contributed by atoms with Crippen molar-refractivity contribution in [1.82, 2.24) is 4.57 Å². The van der Waals surface area contributed by atoms with Crippen LogP contribution < -0.4 is 24.4 Å². The van der Waals surface area contributed by atoms with E-state index in [1.165, 1.54) is 23.0 Å². The third-order valence-corrected chi connectivity index (χ3v) is 7.77. The number of allylic oxidation sites excluding steroid dienone is 1. The molecule has 0 N–H and O–H groups in total. The van der Waals surface area contributed by atoms with E-state index in [1.54, 1.807) is 75.6 Å². The minimum Gasteiger partial charge on any atom is -0.493 e. The molecule has 0 bridgehead atoms. The highest BCUT2D eigenvalue weighted by atomic mass is 32.1. The maximum atomic E-state index is 14.0. The van der Waals surface area contributed by atoms with Crippen molar-refractivity contribution in [2.75, 3.05) is 27.4 Å². The Morgan fingerprint density at radius 2 is 1.84 bits per heavy atom. The molecule has 43 heavy (non-hydrogen) atoms. The van der Waals surface area contributed by atoms with Crippen LogP contribution in [0.15, 0.2) is 80.1 Å². The summed E-state index contributed by atoms with van der Waals surface area (Å²) in [6, 6.07) is 14.9. The Morgan fingerprint density at radius 1 is 1.02 bits per heavy atom. The highest BCUT2D eigenvalue weighted by molar-refractivity contribution is 7.07. The maximum absolute atomic E-state index is 14.0. The largest absolute Gasteiger partial charge is 0.493 e. The number of aromatic nitrogens is 1. The molecule has 10 nitrogen and oxygen atoms in total. The third-order valence-electron chi connectivity index (χ3n) is 6.79. The Morgan fingerprint density at radius 3 is 2.56 bits per heavy atom. The lowest BCUT2D eigenvalue weighted by Crippen LogP contribution is -2.39. The number of hydrogen-bond acceptors (Lipinski definition) is 10. The zero-order valence-electron chi connectivity index (χ0n) is 24.3. The van der Waals surface area contributed by atoms with Gasteiger partial charge >= 0.3 is 11.9 Å². The van der Waals surface area contributed by atoms with Crippen molar-refractivity contribution in [3.05, 3.63) is 102 Å². The fourth-order valence-electron chi connectivity index (χ4n) is 4.87. The first-order chi connectivity index (χ1) is 20.8. The van der Waals surface area contributed by atoms with E-state index in [9.17, 15) is 14.4 Å². The molecule has 0 fully saturated rings. The Labute approximate surface area is 251 Å². The van der Waals surface area contributed by atoms with E-state index in [0.717, 1.165) is 0 Å². The Balaban J connectivity index is 1.62. The Bertz CT molecular complexity index is 1910. The van der Waals surface area contributed by atoms with Gasteiger partial charge in [0.05, 0.1) is 54.8 Å². The number of hydrogen-bond donors (Lipinski definition) is 0. The second kappa shape index (κ2) is 12.5. The zero-order chi connectivity index (χ0) is 30.7. The molecule has 0 aliphatic carbocycles. The van der Waals surface area contributed by atoms with Crippen LogP contribution in [0.4, 0.5) is 0 Å². The summed E-state index contributed by atoms with van der Waals surface area (Å²) in [4.78, 5) is 44.2. The molecule has 2 aromatic carbocycles. The zero-order valence-corrected chi connectivity index (χ0v) is 25.2. The van der Waals surface area contributed by atoms with Gasteiger partial charge in [-0.1, -0.05) is 29.5 Å². The molecule has 5 rings (SSSR count). The number of benzene rings is 2. The van der Waals surface area contributed by atoms with Crippen LogP contribution in [0.3, 0.4) is 0 Å². The van der Waals surface area contributed by atoms with Crippen molar-refractivity contribution < 1.29 is 33.0 Å². The minimum absolute atomic E-state index is 0.170. The molecule has 0 radical (unpaired) electrons.